The summed E-state index contributed by atoms with van der Waals surface area (Å²) in [7, 11) is 0. The number of carbonyl (C=O) groups excluding carboxylic acids is 1. The largest absolute Gasteiger partial charge is 0.321 e. The first-order valence-electron chi connectivity index (χ1n) is 8.20. The maximum Gasteiger partial charge on any atom is 0.255 e. The van der Waals surface area contributed by atoms with Crippen molar-refractivity contribution in [2.75, 3.05) is 5.32 Å². The van der Waals surface area contributed by atoms with Gasteiger partial charge in [-0.05, 0) is 46.2 Å². The van der Waals surface area contributed by atoms with Crippen LogP contribution in [0.5, 0.6) is 0 Å². The molecule has 0 atom stereocenters. The molecule has 2 aromatic rings. The van der Waals surface area contributed by atoms with Crippen molar-refractivity contribution >= 4 is 23.2 Å². The Morgan fingerprint density at radius 1 is 0.875 bits per heavy atom. The summed E-state index contributed by atoms with van der Waals surface area (Å²) in [6.07, 6.45) is 0. The highest BCUT2D eigenvalue weighted by Gasteiger charge is 2.22. The molecule has 0 radical (unpaired) electrons. The van der Waals surface area contributed by atoms with Gasteiger partial charge in [0.05, 0.1) is 10.7 Å². The molecule has 0 aliphatic carbocycles. The molecule has 2 aromatic carbocycles. The number of benzene rings is 2. The van der Waals surface area contributed by atoms with E-state index in [9.17, 15) is 4.79 Å². The van der Waals surface area contributed by atoms with Crippen LogP contribution >= 0.6 is 11.6 Å². The molecular weight excluding hydrogens is 318 g/mol. The SMILES string of the molecule is CC(C)(C)c1cc(C(=O)Nc2ccccc2Cl)cc(C(C)(C)C)c1. The number of hydrogen-bond donors (Lipinski definition) is 1. The van der Waals surface area contributed by atoms with E-state index in [0.717, 1.165) is 11.1 Å². The Labute approximate surface area is 150 Å². The van der Waals surface area contributed by atoms with Gasteiger partial charge in [-0.1, -0.05) is 71.3 Å². The highest BCUT2D eigenvalue weighted by molar-refractivity contribution is 6.33. The molecule has 0 unspecified atom stereocenters. The number of hydrogen-bond acceptors (Lipinski definition) is 1. The molecular formula is C21H26ClNO. The summed E-state index contributed by atoms with van der Waals surface area (Å²) in [5.41, 5.74) is 3.54. The highest BCUT2D eigenvalue weighted by atomic mass is 35.5. The Balaban J connectivity index is 2.45. The average molecular weight is 344 g/mol. The summed E-state index contributed by atoms with van der Waals surface area (Å²) in [4.78, 5) is 12.8. The van der Waals surface area contributed by atoms with Crippen molar-refractivity contribution in [1.82, 2.24) is 0 Å². The van der Waals surface area contributed by atoms with Crippen LogP contribution in [0.1, 0.15) is 63.0 Å². The van der Waals surface area contributed by atoms with Crippen LogP contribution < -0.4 is 5.32 Å². The van der Waals surface area contributed by atoms with E-state index in [1.165, 1.54) is 0 Å². The van der Waals surface area contributed by atoms with Gasteiger partial charge < -0.3 is 5.32 Å². The molecule has 0 fully saturated rings. The standard InChI is InChI=1S/C21H26ClNO/c1-20(2,3)15-11-14(12-16(13-15)21(4,5)6)19(24)23-18-10-8-7-9-17(18)22/h7-13H,1-6H3,(H,23,24). The highest BCUT2D eigenvalue weighted by Crippen LogP contribution is 2.31. The summed E-state index contributed by atoms with van der Waals surface area (Å²) in [5, 5.41) is 3.45. The van der Waals surface area contributed by atoms with Gasteiger partial charge in [0.25, 0.3) is 5.91 Å². The molecule has 0 aromatic heterocycles. The van der Waals surface area contributed by atoms with Crippen molar-refractivity contribution in [2.24, 2.45) is 0 Å². The molecule has 0 saturated heterocycles. The molecule has 0 aliphatic heterocycles. The van der Waals surface area contributed by atoms with Crippen molar-refractivity contribution < 1.29 is 4.79 Å². The predicted molar refractivity (Wildman–Crippen MR) is 103 cm³/mol. The van der Waals surface area contributed by atoms with Crippen molar-refractivity contribution in [1.29, 1.82) is 0 Å². The minimum absolute atomic E-state index is 0.0271. The fourth-order valence-electron chi connectivity index (χ4n) is 2.38. The topological polar surface area (TPSA) is 29.1 Å². The summed E-state index contributed by atoms with van der Waals surface area (Å²) in [6, 6.07) is 13.4. The minimum atomic E-state index is -0.139. The molecule has 24 heavy (non-hydrogen) atoms. The Hall–Kier alpha value is -1.80. The molecule has 128 valence electrons. The first kappa shape index (κ1) is 18.5. The number of anilines is 1. The van der Waals surface area contributed by atoms with Crippen LogP contribution in [0.4, 0.5) is 5.69 Å². The molecule has 1 amide bonds. The van der Waals surface area contributed by atoms with E-state index in [0.29, 0.717) is 16.3 Å². The number of halogens is 1. The normalized spacial score (nSPS) is 12.1. The minimum Gasteiger partial charge on any atom is -0.321 e. The maximum atomic E-state index is 12.8. The van der Waals surface area contributed by atoms with Gasteiger partial charge in [-0.25, -0.2) is 0 Å². The van der Waals surface area contributed by atoms with E-state index in [2.05, 4.69) is 52.9 Å². The van der Waals surface area contributed by atoms with Gasteiger partial charge in [-0.3, -0.25) is 4.79 Å². The lowest BCUT2D eigenvalue weighted by Crippen LogP contribution is -2.20. The zero-order valence-corrected chi connectivity index (χ0v) is 16.1. The molecule has 0 heterocycles. The van der Waals surface area contributed by atoms with Crippen molar-refractivity contribution in [3.8, 4) is 0 Å². The van der Waals surface area contributed by atoms with E-state index in [1.54, 1.807) is 12.1 Å². The zero-order chi connectivity index (χ0) is 18.1. The molecule has 0 bridgehead atoms. The van der Waals surface area contributed by atoms with E-state index in [1.807, 2.05) is 24.3 Å². The van der Waals surface area contributed by atoms with E-state index >= 15 is 0 Å². The second-order valence-electron chi connectivity index (χ2n) is 8.23. The quantitative estimate of drug-likeness (QED) is 0.692. The monoisotopic (exact) mass is 343 g/mol. The number of para-hydroxylation sites is 1. The van der Waals surface area contributed by atoms with Gasteiger partial charge in [0.2, 0.25) is 0 Å². The lowest BCUT2D eigenvalue weighted by Gasteiger charge is -2.26. The van der Waals surface area contributed by atoms with Crippen molar-refractivity contribution in [3.05, 3.63) is 64.2 Å². The zero-order valence-electron chi connectivity index (χ0n) is 15.3. The molecule has 1 N–H and O–H groups in total. The Kier molecular flexibility index (Phi) is 5.10. The van der Waals surface area contributed by atoms with Gasteiger partial charge in [-0.2, -0.15) is 0 Å². The maximum absolute atomic E-state index is 12.8. The van der Waals surface area contributed by atoms with Gasteiger partial charge in [0.1, 0.15) is 0 Å². The van der Waals surface area contributed by atoms with E-state index in [-0.39, 0.29) is 16.7 Å². The van der Waals surface area contributed by atoms with Crippen LogP contribution in [0.15, 0.2) is 42.5 Å². The summed E-state index contributed by atoms with van der Waals surface area (Å²) < 4.78 is 0. The molecule has 2 rings (SSSR count). The van der Waals surface area contributed by atoms with E-state index < -0.39 is 0 Å². The number of rotatable bonds is 2. The van der Waals surface area contributed by atoms with Crippen LogP contribution in [0.2, 0.25) is 5.02 Å². The van der Waals surface area contributed by atoms with Crippen LogP contribution in [0, 0.1) is 0 Å². The number of nitrogens with one attached hydrogen (secondary N) is 1. The van der Waals surface area contributed by atoms with Crippen LogP contribution in [-0.4, -0.2) is 5.91 Å². The van der Waals surface area contributed by atoms with Crippen molar-refractivity contribution in [2.45, 2.75) is 52.4 Å². The molecule has 0 saturated carbocycles. The smallest absolute Gasteiger partial charge is 0.255 e. The summed E-state index contributed by atoms with van der Waals surface area (Å²) in [6.45, 7) is 12.9. The van der Waals surface area contributed by atoms with Gasteiger partial charge in [0, 0.05) is 5.56 Å². The third kappa shape index (κ3) is 4.39. The lowest BCUT2D eigenvalue weighted by atomic mass is 9.79. The number of amides is 1. The summed E-state index contributed by atoms with van der Waals surface area (Å²) in [5.74, 6) is -0.139. The molecule has 0 spiro atoms. The Morgan fingerprint density at radius 2 is 1.38 bits per heavy atom. The first-order chi connectivity index (χ1) is 11.0. The average Bonchev–Trinajstić information content (AvgIpc) is 2.47. The first-order valence-corrected chi connectivity index (χ1v) is 8.58. The molecule has 2 nitrogen and oxygen atoms in total. The fourth-order valence-corrected chi connectivity index (χ4v) is 2.56. The van der Waals surface area contributed by atoms with E-state index in [4.69, 9.17) is 11.6 Å². The lowest BCUT2D eigenvalue weighted by molar-refractivity contribution is 0.102. The van der Waals surface area contributed by atoms with Gasteiger partial charge in [0.15, 0.2) is 0 Å². The molecule has 3 heteroatoms. The Bertz CT molecular complexity index is 719. The second kappa shape index (κ2) is 6.60. The molecule has 0 aliphatic rings. The Morgan fingerprint density at radius 3 is 1.83 bits per heavy atom. The summed E-state index contributed by atoms with van der Waals surface area (Å²) >= 11 is 6.15. The van der Waals surface area contributed by atoms with Crippen molar-refractivity contribution in [3.63, 3.8) is 0 Å². The third-order valence-electron chi connectivity index (χ3n) is 4.05. The predicted octanol–water partition coefficient (Wildman–Crippen LogP) is 6.19. The fraction of sp³-hybridized carbons (Fsp3) is 0.381. The van der Waals surface area contributed by atoms with Crippen LogP contribution in [-0.2, 0) is 10.8 Å². The van der Waals surface area contributed by atoms with Gasteiger partial charge in [-0.15, -0.1) is 0 Å². The van der Waals surface area contributed by atoms with Gasteiger partial charge >= 0.3 is 0 Å². The second-order valence-corrected chi connectivity index (χ2v) is 8.64. The van der Waals surface area contributed by atoms with Crippen LogP contribution in [0.3, 0.4) is 0 Å². The number of carbonyl (C=O) groups is 1. The third-order valence-corrected chi connectivity index (χ3v) is 4.38. The van der Waals surface area contributed by atoms with Crippen LogP contribution in [0.25, 0.3) is 0 Å².